The van der Waals surface area contributed by atoms with E-state index in [0.717, 1.165) is 28.8 Å². The predicted octanol–water partition coefficient (Wildman–Crippen LogP) is 3.70. The van der Waals surface area contributed by atoms with Crippen molar-refractivity contribution in [3.05, 3.63) is 39.9 Å². The van der Waals surface area contributed by atoms with Crippen molar-refractivity contribution < 1.29 is 4.92 Å². The zero-order valence-corrected chi connectivity index (χ0v) is 11.3. The van der Waals surface area contributed by atoms with Gasteiger partial charge < -0.3 is 5.32 Å². The zero-order valence-electron chi connectivity index (χ0n) is 11.3. The Morgan fingerprint density at radius 1 is 1.37 bits per heavy atom. The number of aromatic nitrogens is 1. The molecule has 0 saturated heterocycles. The maximum Gasteiger partial charge on any atom is 0.270 e. The fourth-order valence-electron chi connectivity index (χ4n) is 2.04. The number of pyridine rings is 1. The summed E-state index contributed by atoms with van der Waals surface area (Å²) in [5.74, 6) is 1.17. The van der Waals surface area contributed by atoms with Crippen molar-refractivity contribution in [2.75, 3.05) is 11.9 Å². The molecule has 5 heteroatoms. The molecule has 19 heavy (non-hydrogen) atoms. The van der Waals surface area contributed by atoms with Crippen molar-refractivity contribution in [2.45, 2.75) is 26.7 Å². The number of hydrogen-bond acceptors (Lipinski definition) is 4. The molecular weight excluding hydrogens is 242 g/mol. The number of nitro benzene ring substituents is 1. The second kappa shape index (κ2) is 5.22. The lowest BCUT2D eigenvalue weighted by Gasteiger charge is -2.14. The second-order valence-corrected chi connectivity index (χ2v) is 4.75. The maximum absolute atomic E-state index is 10.8. The topological polar surface area (TPSA) is 68.1 Å². The summed E-state index contributed by atoms with van der Waals surface area (Å²) in [7, 11) is 0. The van der Waals surface area contributed by atoms with E-state index in [9.17, 15) is 10.1 Å². The van der Waals surface area contributed by atoms with Gasteiger partial charge in [-0.05, 0) is 30.5 Å². The third-order valence-corrected chi connectivity index (χ3v) is 3.00. The van der Waals surface area contributed by atoms with Gasteiger partial charge in [0.2, 0.25) is 0 Å². The van der Waals surface area contributed by atoms with E-state index >= 15 is 0 Å². The summed E-state index contributed by atoms with van der Waals surface area (Å²) in [6.45, 7) is 6.99. The van der Waals surface area contributed by atoms with Gasteiger partial charge in [0, 0.05) is 24.1 Å². The van der Waals surface area contributed by atoms with Gasteiger partial charge in [0.1, 0.15) is 5.82 Å². The average Bonchev–Trinajstić information content (AvgIpc) is 2.37. The number of fused-ring (bicyclic) bond motifs is 1. The number of hydrogen-bond donors (Lipinski definition) is 1. The minimum absolute atomic E-state index is 0.0974. The molecule has 1 aromatic carbocycles. The number of rotatable bonds is 4. The maximum atomic E-state index is 10.8. The number of nitrogens with zero attached hydrogens (tertiary/aromatic N) is 2. The van der Waals surface area contributed by atoms with Gasteiger partial charge in [-0.1, -0.05) is 13.8 Å². The van der Waals surface area contributed by atoms with E-state index in [-0.39, 0.29) is 10.6 Å². The van der Waals surface area contributed by atoms with Gasteiger partial charge in [0.05, 0.1) is 10.4 Å². The fraction of sp³-hybridized carbons (Fsp3) is 0.357. The van der Waals surface area contributed by atoms with Crippen LogP contribution in [0.25, 0.3) is 10.9 Å². The molecule has 0 unspecified atom stereocenters. The lowest BCUT2D eigenvalue weighted by molar-refractivity contribution is -0.384. The molecule has 100 valence electrons. The molecule has 1 N–H and O–H groups in total. The van der Waals surface area contributed by atoms with Crippen LogP contribution >= 0.6 is 0 Å². The van der Waals surface area contributed by atoms with Crippen LogP contribution in [0.15, 0.2) is 24.3 Å². The standard InChI is InChI=1S/C14H17N3O2/c1-4-15-14-12(9(2)3)8-10-7-11(17(18)19)5-6-13(10)16-14/h5-9H,4H2,1-3H3,(H,15,16). The van der Waals surface area contributed by atoms with Crippen LogP contribution < -0.4 is 5.32 Å². The number of non-ortho nitro benzene ring substituents is 1. The van der Waals surface area contributed by atoms with Crippen LogP contribution in [0.1, 0.15) is 32.3 Å². The lowest BCUT2D eigenvalue weighted by atomic mass is 10.0. The normalized spacial score (nSPS) is 10.9. The molecule has 0 aliphatic carbocycles. The Kier molecular flexibility index (Phi) is 3.64. The van der Waals surface area contributed by atoms with E-state index in [1.807, 2.05) is 13.0 Å². The molecule has 0 saturated carbocycles. The highest BCUT2D eigenvalue weighted by Crippen LogP contribution is 2.28. The summed E-state index contributed by atoms with van der Waals surface area (Å²) in [5, 5.41) is 14.9. The quantitative estimate of drug-likeness (QED) is 0.671. The van der Waals surface area contributed by atoms with Crippen molar-refractivity contribution >= 4 is 22.4 Å². The summed E-state index contributed by atoms with van der Waals surface area (Å²) in [6, 6.07) is 6.74. The first-order valence-electron chi connectivity index (χ1n) is 6.36. The smallest absolute Gasteiger partial charge is 0.270 e. The Balaban J connectivity index is 2.63. The van der Waals surface area contributed by atoms with Crippen LogP contribution in [0.5, 0.6) is 0 Å². The first kappa shape index (κ1) is 13.3. The molecule has 0 bridgehead atoms. The molecular formula is C14H17N3O2. The number of nitrogens with one attached hydrogen (secondary N) is 1. The average molecular weight is 259 g/mol. The molecule has 0 spiro atoms. The van der Waals surface area contributed by atoms with Crippen molar-refractivity contribution in [3.63, 3.8) is 0 Å². The monoisotopic (exact) mass is 259 g/mol. The number of anilines is 1. The summed E-state index contributed by atoms with van der Waals surface area (Å²) < 4.78 is 0. The molecule has 5 nitrogen and oxygen atoms in total. The zero-order chi connectivity index (χ0) is 14.0. The minimum atomic E-state index is -0.382. The molecule has 1 aromatic heterocycles. The van der Waals surface area contributed by atoms with Gasteiger partial charge in [-0.25, -0.2) is 4.98 Å². The SMILES string of the molecule is CCNc1nc2ccc([N+](=O)[O-])cc2cc1C(C)C. The van der Waals surface area contributed by atoms with Crippen molar-refractivity contribution in [3.8, 4) is 0 Å². The van der Waals surface area contributed by atoms with Crippen LogP contribution in [0, 0.1) is 10.1 Å². The molecule has 2 rings (SSSR count). The summed E-state index contributed by atoms with van der Waals surface area (Å²) in [6.07, 6.45) is 0. The molecule has 0 atom stereocenters. The van der Waals surface area contributed by atoms with Crippen LogP contribution in [-0.2, 0) is 0 Å². The molecule has 2 aromatic rings. The van der Waals surface area contributed by atoms with Crippen molar-refractivity contribution in [1.82, 2.24) is 4.98 Å². The molecule has 0 aliphatic heterocycles. The largest absolute Gasteiger partial charge is 0.370 e. The molecule has 0 fully saturated rings. The summed E-state index contributed by atoms with van der Waals surface area (Å²) >= 11 is 0. The fourth-order valence-corrected chi connectivity index (χ4v) is 2.04. The van der Waals surface area contributed by atoms with Crippen LogP contribution in [0.4, 0.5) is 11.5 Å². The van der Waals surface area contributed by atoms with E-state index in [1.165, 1.54) is 6.07 Å². The third-order valence-electron chi connectivity index (χ3n) is 3.00. The van der Waals surface area contributed by atoms with E-state index in [0.29, 0.717) is 5.92 Å². The Morgan fingerprint density at radius 2 is 2.11 bits per heavy atom. The molecule has 0 aliphatic rings. The Hall–Kier alpha value is -2.17. The Morgan fingerprint density at radius 3 is 2.68 bits per heavy atom. The molecule has 1 heterocycles. The van der Waals surface area contributed by atoms with Crippen molar-refractivity contribution in [2.24, 2.45) is 0 Å². The molecule has 0 amide bonds. The Labute approximate surface area is 111 Å². The lowest BCUT2D eigenvalue weighted by Crippen LogP contribution is -2.05. The number of nitro groups is 1. The predicted molar refractivity (Wildman–Crippen MR) is 76.7 cm³/mol. The van der Waals surface area contributed by atoms with Gasteiger partial charge in [-0.2, -0.15) is 0 Å². The van der Waals surface area contributed by atoms with Gasteiger partial charge in [-0.15, -0.1) is 0 Å². The minimum Gasteiger partial charge on any atom is -0.370 e. The van der Waals surface area contributed by atoms with Crippen LogP contribution in [0.2, 0.25) is 0 Å². The van der Waals surface area contributed by atoms with Crippen LogP contribution in [0.3, 0.4) is 0 Å². The summed E-state index contributed by atoms with van der Waals surface area (Å²) in [5.41, 5.74) is 1.95. The highest BCUT2D eigenvalue weighted by atomic mass is 16.6. The number of benzene rings is 1. The van der Waals surface area contributed by atoms with E-state index in [4.69, 9.17) is 0 Å². The van der Waals surface area contributed by atoms with Gasteiger partial charge in [-0.3, -0.25) is 10.1 Å². The van der Waals surface area contributed by atoms with Crippen molar-refractivity contribution in [1.29, 1.82) is 0 Å². The first-order chi connectivity index (χ1) is 9.02. The van der Waals surface area contributed by atoms with E-state index < -0.39 is 0 Å². The highest BCUT2D eigenvalue weighted by molar-refractivity contribution is 5.84. The van der Waals surface area contributed by atoms with E-state index in [1.54, 1.807) is 12.1 Å². The van der Waals surface area contributed by atoms with E-state index in [2.05, 4.69) is 24.1 Å². The second-order valence-electron chi connectivity index (χ2n) is 4.75. The third kappa shape index (κ3) is 2.65. The molecule has 0 radical (unpaired) electrons. The Bertz CT molecular complexity index is 623. The first-order valence-corrected chi connectivity index (χ1v) is 6.36. The highest BCUT2D eigenvalue weighted by Gasteiger charge is 2.12. The van der Waals surface area contributed by atoms with Gasteiger partial charge >= 0.3 is 0 Å². The summed E-state index contributed by atoms with van der Waals surface area (Å²) in [4.78, 5) is 15.0. The van der Waals surface area contributed by atoms with Crippen LogP contribution in [-0.4, -0.2) is 16.5 Å². The van der Waals surface area contributed by atoms with Gasteiger partial charge in [0.25, 0.3) is 5.69 Å². The van der Waals surface area contributed by atoms with Gasteiger partial charge in [0.15, 0.2) is 0 Å².